The number of thiophene rings is 1. The monoisotopic (exact) mass is 392 g/mol. The Labute approximate surface area is 163 Å². The number of pyridine rings is 1. The zero-order valence-corrected chi connectivity index (χ0v) is 16.7. The highest BCUT2D eigenvalue weighted by atomic mass is 35.5. The van der Waals surface area contributed by atoms with Crippen LogP contribution in [-0.2, 0) is 9.47 Å². The predicted octanol–water partition coefficient (Wildman–Crippen LogP) is 4.97. The predicted molar refractivity (Wildman–Crippen MR) is 108 cm³/mol. The molecule has 0 aromatic carbocycles. The van der Waals surface area contributed by atoms with Crippen molar-refractivity contribution < 1.29 is 9.47 Å². The van der Waals surface area contributed by atoms with Gasteiger partial charge in [0.2, 0.25) is 0 Å². The van der Waals surface area contributed by atoms with Crippen molar-refractivity contribution >= 4 is 38.7 Å². The Morgan fingerprint density at radius 2 is 2.35 bits per heavy atom. The lowest BCUT2D eigenvalue weighted by Crippen LogP contribution is -2.40. The van der Waals surface area contributed by atoms with Gasteiger partial charge in [-0.25, -0.2) is 4.98 Å². The Morgan fingerprint density at radius 3 is 3.15 bits per heavy atom. The fraction of sp³-hybridized carbons (Fsp3) is 0.550. The molecule has 0 radical (unpaired) electrons. The summed E-state index contributed by atoms with van der Waals surface area (Å²) in [5, 5.41) is 1.83. The molecule has 1 saturated heterocycles. The molecule has 0 bridgehead atoms. The molecular formula is C20H25ClN2O2S. The van der Waals surface area contributed by atoms with Gasteiger partial charge in [-0.15, -0.1) is 11.3 Å². The third kappa shape index (κ3) is 3.97. The van der Waals surface area contributed by atoms with Gasteiger partial charge in [-0.05, 0) is 50.3 Å². The van der Waals surface area contributed by atoms with Crippen molar-refractivity contribution in [3.63, 3.8) is 0 Å². The molecule has 2 aliphatic heterocycles. The Hall–Kier alpha value is -0.980. The van der Waals surface area contributed by atoms with Crippen LogP contribution < -0.4 is 0 Å². The van der Waals surface area contributed by atoms with Crippen LogP contribution in [-0.4, -0.2) is 48.5 Å². The van der Waals surface area contributed by atoms with E-state index in [1.54, 1.807) is 17.5 Å². The molecule has 2 aromatic heterocycles. The minimum atomic E-state index is -0.00493. The number of hydrogen-bond acceptors (Lipinski definition) is 5. The summed E-state index contributed by atoms with van der Waals surface area (Å²) in [6.07, 6.45) is 8.59. The third-order valence-electron chi connectivity index (χ3n) is 5.27. The van der Waals surface area contributed by atoms with Crippen molar-refractivity contribution in [2.45, 2.75) is 44.9 Å². The summed E-state index contributed by atoms with van der Waals surface area (Å²) in [7, 11) is 0. The van der Waals surface area contributed by atoms with Crippen molar-refractivity contribution in [3.05, 3.63) is 34.3 Å². The van der Waals surface area contributed by atoms with E-state index in [0.717, 1.165) is 60.8 Å². The molecule has 4 heterocycles. The van der Waals surface area contributed by atoms with E-state index in [2.05, 4.69) is 29.0 Å². The van der Waals surface area contributed by atoms with Crippen molar-refractivity contribution in [2.75, 3.05) is 26.3 Å². The first-order chi connectivity index (χ1) is 12.7. The van der Waals surface area contributed by atoms with Gasteiger partial charge in [0.25, 0.3) is 0 Å². The summed E-state index contributed by atoms with van der Waals surface area (Å²) in [5.74, 6) is 0. The maximum Gasteiger partial charge on any atom is 0.157 e. The highest BCUT2D eigenvalue weighted by Crippen LogP contribution is 2.36. The molecular weight excluding hydrogens is 368 g/mol. The van der Waals surface area contributed by atoms with Crippen LogP contribution in [0.25, 0.3) is 15.8 Å². The van der Waals surface area contributed by atoms with Gasteiger partial charge < -0.3 is 9.47 Å². The second-order valence-corrected chi connectivity index (χ2v) is 8.39. The minimum Gasteiger partial charge on any atom is -0.353 e. The average molecular weight is 393 g/mol. The zero-order chi connectivity index (χ0) is 17.9. The van der Waals surface area contributed by atoms with Crippen molar-refractivity contribution in [3.8, 4) is 0 Å². The normalized spacial score (nSPS) is 24.8. The Morgan fingerprint density at radius 1 is 1.42 bits per heavy atom. The molecule has 0 aliphatic carbocycles. The Balaban J connectivity index is 1.41. The lowest BCUT2D eigenvalue weighted by Gasteiger charge is -2.34. The van der Waals surface area contributed by atoms with Gasteiger partial charge in [-0.3, -0.25) is 4.90 Å². The minimum absolute atomic E-state index is 0.00493. The van der Waals surface area contributed by atoms with Gasteiger partial charge in [0.1, 0.15) is 4.83 Å². The number of ether oxygens (including phenoxy) is 2. The van der Waals surface area contributed by atoms with Gasteiger partial charge in [-0.1, -0.05) is 17.7 Å². The third-order valence-corrected chi connectivity index (χ3v) is 6.69. The number of fused-ring (bicyclic) bond motifs is 1. The van der Waals surface area contributed by atoms with Gasteiger partial charge in [0, 0.05) is 42.2 Å². The standard InChI is InChI=1S/C20H25ClN2O2S/c1-14-15(18-13-16-17(21)7-8-22-20(16)26-18)5-4-9-23(14)10-12-25-19-6-2-3-11-24-19/h5,7-8,13-14,19H,2-4,6,9-12H2,1H3. The molecule has 4 rings (SSSR count). The molecule has 2 aliphatic rings. The number of nitrogens with zero attached hydrogens (tertiary/aromatic N) is 2. The van der Waals surface area contributed by atoms with Crippen LogP contribution >= 0.6 is 22.9 Å². The molecule has 26 heavy (non-hydrogen) atoms. The van der Waals surface area contributed by atoms with Crippen LogP contribution in [0.15, 0.2) is 24.4 Å². The van der Waals surface area contributed by atoms with Crippen LogP contribution in [0.5, 0.6) is 0 Å². The van der Waals surface area contributed by atoms with Crippen LogP contribution in [0.2, 0.25) is 5.02 Å². The summed E-state index contributed by atoms with van der Waals surface area (Å²) in [5.41, 5.74) is 1.38. The highest BCUT2D eigenvalue weighted by Gasteiger charge is 2.24. The van der Waals surface area contributed by atoms with E-state index in [1.165, 1.54) is 16.9 Å². The number of hydrogen-bond donors (Lipinski definition) is 0. The number of halogens is 1. The van der Waals surface area contributed by atoms with Gasteiger partial charge >= 0.3 is 0 Å². The number of aromatic nitrogens is 1. The average Bonchev–Trinajstić information content (AvgIpc) is 3.09. The molecule has 6 heteroatoms. The SMILES string of the molecule is CC1C(c2cc3c(Cl)ccnc3s2)=CCCN1CCOC1CCCCO1. The van der Waals surface area contributed by atoms with Gasteiger partial charge in [-0.2, -0.15) is 0 Å². The molecule has 4 nitrogen and oxygen atoms in total. The molecule has 140 valence electrons. The first-order valence-electron chi connectivity index (χ1n) is 9.44. The summed E-state index contributed by atoms with van der Waals surface area (Å²) >= 11 is 8.05. The van der Waals surface area contributed by atoms with E-state index in [0.29, 0.717) is 6.04 Å². The molecule has 2 aromatic rings. The lowest BCUT2D eigenvalue weighted by molar-refractivity contribution is -0.164. The topological polar surface area (TPSA) is 34.6 Å². The van der Waals surface area contributed by atoms with Gasteiger partial charge in [0.15, 0.2) is 6.29 Å². The highest BCUT2D eigenvalue weighted by molar-refractivity contribution is 7.19. The summed E-state index contributed by atoms with van der Waals surface area (Å²) in [6, 6.07) is 4.41. The van der Waals surface area contributed by atoms with E-state index >= 15 is 0 Å². The summed E-state index contributed by atoms with van der Waals surface area (Å²) < 4.78 is 11.6. The molecule has 0 amide bonds. The van der Waals surface area contributed by atoms with E-state index in [-0.39, 0.29) is 6.29 Å². The lowest BCUT2D eigenvalue weighted by atomic mass is 9.99. The Bertz CT molecular complexity index is 785. The Kier molecular flexibility index (Phi) is 5.91. The van der Waals surface area contributed by atoms with Crippen LogP contribution in [0, 0.1) is 0 Å². The molecule has 1 fully saturated rings. The first-order valence-corrected chi connectivity index (χ1v) is 10.6. The van der Waals surface area contributed by atoms with E-state index in [4.69, 9.17) is 21.1 Å². The maximum atomic E-state index is 6.33. The van der Waals surface area contributed by atoms with E-state index < -0.39 is 0 Å². The van der Waals surface area contributed by atoms with Crippen LogP contribution in [0.1, 0.15) is 37.5 Å². The quantitative estimate of drug-likeness (QED) is 0.719. The van der Waals surface area contributed by atoms with Crippen molar-refractivity contribution in [1.82, 2.24) is 9.88 Å². The van der Waals surface area contributed by atoms with E-state index in [9.17, 15) is 0 Å². The first kappa shape index (κ1) is 18.4. The molecule has 0 saturated carbocycles. The smallest absolute Gasteiger partial charge is 0.157 e. The van der Waals surface area contributed by atoms with Crippen LogP contribution in [0.3, 0.4) is 0 Å². The van der Waals surface area contributed by atoms with Crippen LogP contribution in [0.4, 0.5) is 0 Å². The fourth-order valence-corrected chi connectivity index (χ4v) is 5.16. The summed E-state index contributed by atoms with van der Waals surface area (Å²) in [4.78, 5) is 9.24. The molecule has 2 atom stereocenters. The molecule has 2 unspecified atom stereocenters. The second-order valence-electron chi connectivity index (χ2n) is 6.95. The largest absolute Gasteiger partial charge is 0.353 e. The van der Waals surface area contributed by atoms with Gasteiger partial charge in [0.05, 0.1) is 11.6 Å². The second kappa shape index (κ2) is 8.36. The zero-order valence-electron chi connectivity index (χ0n) is 15.1. The van der Waals surface area contributed by atoms with Crippen molar-refractivity contribution in [2.24, 2.45) is 0 Å². The fourth-order valence-electron chi connectivity index (χ4n) is 3.75. The molecule has 0 spiro atoms. The number of rotatable bonds is 5. The van der Waals surface area contributed by atoms with Crippen molar-refractivity contribution in [1.29, 1.82) is 0 Å². The summed E-state index contributed by atoms with van der Waals surface area (Å²) in [6.45, 7) is 5.84. The molecule has 0 N–H and O–H groups in total. The maximum absolute atomic E-state index is 6.33. The van der Waals surface area contributed by atoms with E-state index in [1.807, 2.05) is 6.07 Å².